The van der Waals surface area contributed by atoms with Gasteiger partial charge in [0.2, 0.25) is 0 Å². The molecule has 0 aliphatic carbocycles. The van der Waals surface area contributed by atoms with Crippen molar-refractivity contribution < 1.29 is 29.3 Å². The van der Waals surface area contributed by atoms with Gasteiger partial charge in [-0.05, 0) is 57.8 Å². The van der Waals surface area contributed by atoms with Gasteiger partial charge in [-0.2, -0.15) is 0 Å². The lowest BCUT2D eigenvalue weighted by Gasteiger charge is -2.15. The summed E-state index contributed by atoms with van der Waals surface area (Å²) in [5.74, 6) is -0.671. The van der Waals surface area contributed by atoms with Gasteiger partial charge in [-0.1, -0.05) is 172 Å². The number of rotatable bonds is 37. The van der Waals surface area contributed by atoms with Crippen molar-refractivity contribution in [3.63, 3.8) is 0 Å². The number of hydrogen-bond donors (Lipinski definition) is 2. The summed E-state index contributed by atoms with van der Waals surface area (Å²) >= 11 is 0. The third kappa shape index (κ3) is 37.1. The Kier molecular flexibility index (Phi) is 37.9. The van der Waals surface area contributed by atoms with Crippen LogP contribution in [0.15, 0.2) is 48.6 Å². The van der Waals surface area contributed by atoms with E-state index in [1.807, 2.05) is 6.92 Å². The molecular formula is C44H78O6. The number of aliphatic hydroxyl groups excluding tert-OH is 2. The molecule has 290 valence electrons. The lowest BCUT2D eigenvalue weighted by Crippen LogP contribution is -2.28. The summed E-state index contributed by atoms with van der Waals surface area (Å²) in [5.41, 5.74) is 0. The summed E-state index contributed by atoms with van der Waals surface area (Å²) in [4.78, 5) is 24.3. The van der Waals surface area contributed by atoms with Crippen LogP contribution in [0, 0.1) is 0 Å². The van der Waals surface area contributed by atoms with Gasteiger partial charge in [0.1, 0.15) is 6.61 Å². The van der Waals surface area contributed by atoms with Crippen LogP contribution in [0.1, 0.15) is 194 Å². The van der Waals surface area contributed by atoms with Crippen LogP contribution < -0.4 is 0 Å². The van der Waals surface area contributed by atoms with Crippen molar-refractivity contribution in [2.75, 3.05) is 13.2 Å². The molecule has 0 aromatic heterocycles. The van der Waals surface area contributed by atoms with Crippen molar-refractivity contribution in [1.82, 2.24) is 0 Å². The van der Waals surface area contributed by atoms with Crippen molar-refractivity contribution >= 4 is 11.9 Å². The number of esters is 2. The lowest BCUT2D eigenvalue weighted by atomic mass is 10.0. The molecule has 0 aromatic rings. The smallest absolute Gasteiger partial charge is 0.306 e. The Morgan fingerprint density at radius 1 is 0.540 bits per heavy atom. The Bertz CT molecular complexity index is 861. The van der Waals surface area contributed by atoms with Crippen molar-refractivity contribution in [1.29, 1.82) is 0 Å². The van der Waals surface area contributed by atoms with E-state index in [-0.39, 0.29) is 31.3 Å². The van der Waals surface area contributed by atoms with Gasteiger partial charge in [-0.3, -0.25) is 9.59 Å². The minimum Gasteiger partial charge on any atom is -0.462 e. The fourth-order valence-electron chi connectivity index (χ4n) is 5.70. The zero-order valence-electron chi connectivity index (χ0n) is 32.5. The largest absolute Gasteiger partial charge is 0.462 e. The molecule has 2 N–H and O–H groups in total. The Morgan fingerprint density at radius 3 is 1.42 bits per heavy atom. The predicted molar refractivity (Wildman–Crippen MR) is 211 cm³/mol. The molecule has 0 unspecified atom stereocenters. The van der Waals surface area contributed by atoms with Gasteiger partial charge in [0.15, 0.2) is 6.10 Å². The number of unbranched alkanes of at least 4 members (excludes halogenated alkanes) is 18. The third-order valence-corrected chi connectivity index (χ3v) is 9.04. The Hall–Kier alpha value is -2.18. The molecule has 0 fully saturated rings. The van der Waals surface area contributed by atoms with Gasteiger partial charge in [-0.25, -0.2) is 0 Å². The summed E-state index contributed by atoms with van der Waals surface area (Å²) in [6, 6.07) is 0. The fourth-order valence-corrected chi connectivity index (χ4v) is 5.70. The highest BCUT2D eigenvalue weighted by molar-refractivity contribution is 5.70. The van der Waals surface area contributed by atoms with E-state index in [0.717, 1.165) is 64.2 Å². The molecule has 0 aliphatic rings. The standard InChI is InChI=1S/C44H78O6/c1-3-5-6-7-8-9-10-11-12-13-14-15-20-23-26-29-32-35-38-44(48)50-42(39-45)40-49-43(47)37-34-31-28-25-22-19-17-16-18-21-24-27-30-33-36-41(46)4-2/h17-19,21,25,27-28,30,41-42,45-46H,3-16,20,22-24,26,29,31-40H2,1-2H3/b19-17-,21-18-,28-25-,30-27-/t41-,42-/m0/s1. The minimum absolute atomic E-state index is 0.103. The average Bonchev–Trinajstić information content (AvgIpc) is 3.12. The fraction of sp³-hybridized carbons (Fsp3) is 0.773. The first-order valence-corrected chi connectivity index (χ1v) is 20.8. The van der Waals surface area contributed by atoms with Crippen molar-refractivity contribution in [2.24, 2.45) is 0 Å². The van der Waals surface area contributed by atoms with E-state index in [9.17, 15) is 19.8 Å². The molecule has 0 bridgehead atoms. The lowest BCUT2D eigenvalue weighted by molar-refractivity contribution is -0.161. The van der Waals surface area contributed by atoms with Crippen LogP contribution in [-0.2, 0) is 19.1 Å². The van der Waals surface area contributed by atoms with Crippen molar-refractivity contribution in [2.45, 2.75) is 206 Å². The SMILES string of the molecule is CCCCCCCCCCCCCCCCCCCCC(=O)O[C@@H](CO)COC(=O)CCC/C=C\C/C=C\C/C=C\C/C=C\CC[C@@H](O)CC. The van der Waals surface area contributed by atoms with Crippen LogP contribution in [0.25, 0.3) is 0 Å². The molecule has 0 spiro atoms. The summed E-state index contributed by atoms with van der Waals surface area (Å²) in [6.07, 6.45) is 46.9. The van der Waals surface area contributed by atoms with E-state index in [1.165, 1.54) is 96.3 Å². The first kappa shape index (κ1) is 47.8. The van der Waals surface area contributed by atoms with Gasteiger partial charge in [0, 0.05) is 12.8 Å². The van der Waals surface area contributed by atoms with Gasteiger partial charge in [0.25, 0.3) is 0 Å². The molecule has 6 nitrogen and oxygen atoms in total. The molecule has 0 aromatic carbocycles. The molecule has 0 saturated heterocycles. The second-order valence-electron chi connectivity index (χ2n) is 13.9. The van der Waals surface area contributed by atoms with Gasteiger partial charge in [-0.15, -0.1) is 0 Å². The van der Waals surface area contributed by atoms with E-state index in [4.69, 9.17) is 9.47 Å². The minimum atomic E-state index is -0.800. The molecule has 6 heteroatoms. The number of hydrogen-bond acceptors (Lipinski definition) is 6. The zero-order chi connectivity index (χ0) is 36.6. The van der Waals surface area contributed by atoms with Crippen LogP contribution in [0.3, 0.4) is 0 Å². The van der Waals surface area contributed by atoms with Crippen LogP contribution in [0.5, 0.6) is 0 Å². The third-order valence-electron chi connectivity index (χ3n) is 9.04. The first-order valence-electron chi connectivity index (χ1n) is 20.8. The normalized spacial score (nSPS) is 13.3. The summed E-state index contributed by atoms with van der Waals surface area (Å²) in [5, 5.41) is 19.1. The van der Waals surface area contributed by atoms with Crippen LogP contribution >= 0.6 is 0 Å². The molecule has 0 rings (SSSR count). The molecule has 0 aliphatic heterocycles. The number of carbonyl (C=O) groups excluding carboxylic acids is 2. The molecule has 0 amide bonds. The molecule has 0 saturated carbocycles. The Balaban J connectivity index is 3.63. The second kappa shape index (κ2) is 39.6. The highest BCUT2D eigenvalue weighted by Crippen LogP contribution is 2.15. The van der Waals surface area contributed by atoms with Crippen LogP contribution in [-0.4, -0.2) is 47.6 Å². The van der Waals surface area contributed by atoms with E-state index in [0.29, 0.717) is 19.3 Å². The summed E-state index contributed by atoms with van der Waals surface area (Å²) < 4.78 is 10.6. The number of carbonyl (C=O) groups is 2. The van der Waals surface area contributed by atoms with Crippen LogP contribution in [0.2, 0.25) is 0 Å². The van der Waals surface area contributed by atoms with Crippen molar-refractivity contribution in [3.05, 3.63) is 48.6 Å². The maximum atomic E-state index is 12.2. The summed E-state index contributed by atoms with van der Waals surface area (Å²) in [6.45, 7) is 3.82. The quantitative estimate of drug-likeness (QED) is 0.0380. The number of allylic oxidation sites excluding steroid dienone is 8. The maximum absolute atomic E-state index is 12.2. The van der Waals surface area contributed by atoms with Gasteiger partial charge in [0.05, 0.1) is 12.7 Å². The zero-order valence-corrected chi connectivity index (χ0v) is 32.5. The Labute approximate surface area is 308 Å². The predicted octanol–water partition coefficient (Wildman–Crippen LogP) is 12.0. The average molecular weight is 703 g/mol. The highest BCUT2D eigenvalue weighted by Gasteiger charge is 2.16. The number of ether oxygens (including phenoxy) is 2. The van der Waals surface area contributed by atoms with Gasteiger partial charge >= 0.3 is 11.9 Å². The molecule has 50 heavy (non-hydrogen) atoms. The maximum Gasteiger partial charge on any atom is 0.306 e. The topological polar surface area (TPSA) is 93.1 Å². The highest BCUT2D eigenvalue weighted by atomic mass is 16.6. The van der Waals surface area contributed by atoms with E-state index < -0.39 is 6.10 Å². The summed E-state index contributed by atoms with van der Waals surface area (Å²) in [7, 11) is 0. The second-order valence-corrected chi connectivity index (χ2v) is 13.9. The van der Waals surface area contributed by atoms with E-state index in [2.05, 4.69) is 55.5 Å². The monoisotopic (exact) mass is 703 g/mol. The molecule has 0 heterocycles. The first-order chi connectivity index (χ1) is 24.5. The van der Waals surface area contributed by atoms with E-state index in [1.54, 1.807) is 0 Å². The number of aliphatic hydroxyl groups is 2. The van der Waals surface area contributed by atoms with Gasteiger partial charge < -0.3 is 19.7 Å². The molecule has 2 atom stereocenters. The Morgan fingerprint density at radius 2 is 0.960 bits per heavy atom. The van der Waals surface area contributed by atoms with E-state index >= 15 is 0 Å². The molecular weight excluding hydrogens is 624 g/mol. The molecule has 0 radical (unpaired) electrons. The van der Waals surface area contributed by atoms with Crippen molar-refractivity contribution in [3.8, 4) is 0 Å². The van der Waals surface area contributed by atoms with Crippen LogP contribution in [0.4, 0.5) is 0 Å².